The lowest BCUT2D eigenvalue weighted by Gasteiger charge is -2.14. The summed E-state index contributed by atoms with van der Waals surface area (Å²) in [4.78, 5) is 47.5. The SMILES string of the molecule is Cc1noc2cc(CNC(=O)c3cc(C(=O)N[C@H]4CCc5cc(-c6noc(=O)[nH]6)ccc54)ncn3)ccc12. The Morgan fingerprint density at radius 1 is 1.03 bits per heavy atom. The van der Waals surface area contributed by atoms with Crippen molar-refractivity contribution in [1.82, 2.24) is 35.9 Å². The monoisotopic (exact) mass is 511 g/mol. The Morgan fingerprint density at radius 2 is 1.87 bits per heavy atom. The summed E-state index contributed by atoms with van der Waals surface area (Å²) in [5, 5.41) is 14.4. The Hall–Kier alpha value is -5.13. The molecule has 3 heterocycles. The molecule has 3 aromatic heterocycles. The number of rotatable bonds is 6. The third-order valence-corrected chi connectivity index (χ3v) is 6.54. The van der Waals surface area contributed by atoms with E-state index in [1.54, 1.807) is 0 Å². The predicted octanol–water partition coefficient (Wildman–Crippen LogP) is 2.62. The number of aromatic nitrogens is 5. The van der Waals surface area contributed by atoms with E-state index in [2.05, 4.69) is 40.4 Å². The molecule has 190 valence electrons. The maximum atomic E-state index is 13.0. The van der Waals surface area contributed by atoms with Crippen molar-refractivity contribution in [2.75, 3.05) is 0 Å². The fourth-order valence-corrected chi connectivity index (χ4v) is 4.60. The molecule has 2 aromatic carbocycles. The maximum Gasteiger partial charge on any atom is 0.439 e. The molecular formula is C26H21N7O5. The van der Waals surface area contributed by atoms with E-state index in [-0.39, 0.29) is 24.0 Å². The van der Waals surface area contributed by atoms with Crippen LogP contribution in [0.15, 0.2) is 62.6 Å². The number of carbonyl (C=O) groups excluding carboxylic acids is 2. The fourth-order valence-electron chi connectivity index (χ4n) is 4.60. The van der Waals surface area contributed by atoms with Crippen LogP contribution in [0.5, 0.6) is 0 Å². The molecule has 0 saturated heterocycles. The third kappa shape index (κ3) is 4.43. The Labute approximate surface area is 214 Å². The highest BCUT2D eigenvalue weighted by Gasteiger charge is 2.26. The summed E-state index contributed by atoms with van der Waals surface area (Å²) < 4.78 is 9.86. The van der Waals surface area contributed by atoms with Gasteiger partial charge in [-0.05, 0) is 54.7 Å². The summed E-state index contributed by atoms with van der Waals surface area (Å²) in [6.07, 6.45) is 2.64. The molecule has 0 saturated carbocycles. The van der Waals surface area contributed by atoms with Gasteiger partial charge in [0.2, 0.25) is 0 Å². The van der Waals surface area contributed by atoms with Gasteiger partial charge in [0.1, 0.15) is 17.7 Å². The second-order valence-corrected chi connectivity index (χ2v) is 8.99. The molecule has 1 aliphatic carbocycles. The summed E-state index contributed by atoms with van der Waals surface area (Å²) in [5.41, 5.74) is 5.20. The molecule has 12 nitrogen and oxygen atoms in total. The quantitative estimate of drug-likeness (QED) is 0.310. The van der Waals surface area contributed by atoms with E-state index in [0.29, 0.717) is 17.8 Å². The van der Waals surface area contributed by atoms with Crippen molar-refractivity contribution in [1.29, 1.82) is 0 Å². The molecule has 12 heteroatoms. The van der Waals surface area contributed by atoms with Gasteiger partial charge >= 0.3 is 5.76 Å². The number of fused-ring (bicyclic) bond motifs is 2. The van der Waals surface area contributed by atoms with Crippen LogP contribution in [0, 0.1) is 6.92 Å². The van der Waals surface area contributed by atoms with Crippen molar-refractivity contribution >= 4 is 22.8 Å². The number of H-pyrrole nitrogens is 1. The standard InChI is InChI=1S/C26H21N7O5/c1-13-17-5-2-14(8-22(17)37-32-13)11-27-24(34)20-10-21(29-12-28-20)25(35)30-19-7-4-15-9-16(3-6-18(15)19)23-31-26(36)38-33-23/h2-3,5-6,8-10,12,19H,4,7,11H2,1H3,(H,27,34)(H,30,35)(H,31,33,36)/t19-/m0/s1. The van der Waals surface area contributed by atoms with E-state index in [1.807, 2.05) is 43.3 Å². The van der Waals surface area contributed by atoms with Crippen LogP contribution in [0.2, 0.25) is 0 Å². The average Bonchev–Trinajstić information content (AvgIpc) is 3.65. The number of hydrogen-bond donors (Lipinski definition) is 3. The number of nitrogens with one attached hydrogen (secondary N) is 3. The molecule has 0 fully saturated rings. The zero-order valence-electron chi connectivity index (χ0n) is 20.1. The first kappa shape index (κ1) is 23.3. The number of benzene rings is 2. The van der Waals surface area contributed by atoms with E-state index in [9.17, 15) is 14.4 Å². The lowest BCUT2D eigenvalue weighted by molar-refractivity contribution is 0.0931. The topological polar surface area (TPSA) is 169 Å². The summed E-state index contributed by atoms with van der Waals surface area (Å²) in [5.74, 6) is -1.10. The normalized spacial score (nSPS) is 14.4. The first-order chi connectivity index (χ1) is 18.4. The van der Waals surface area contributed by atoms with Crippen molar-refractivity contribution in [2.24, 2.45) is 0 Å². The van der Waals surface area contributed by atoms with Gasteiger partial charge in [-0.1, -0.05) is 28.5 Å². The molecule has 5 aromatic rings. The average molecular weight is 511 g/mol. The van der Waals surface area contributed by atoms with Crippen LogP contribution < -0.4 is 16.4 Å². The Balaban J connectivity index is 1.11. The Bertz CT molecular complexity index is 1750. The molecule has 0 aliphatic heterocycles. The Kier molecular flexibility index (Phi) is 5.75. The molecule has 1 atom stereocenters. The summed E-state index contributed by atoms with van der Waals surface area (Å²) in [6.45, 7) is 2.12. The minimum atomic E-state index is -0.619. The van der Waals surface area contributed by atoms with E-state index in [0.717, 1.165) is 39.8 Å². The largest absolute Gasteiger partial charge is 0.439 e. The molecule has 0 bridgehead atoms. The van der Waals surface area contributed by atoms with Gasteiger partial charge in [-0.2, -0.15) is 0 Å². The summed E-state index contributed by atoms with van der Waals surface area (Å²) >= 11 is 0. The lowest BCUT2D eigenvalue weighted by atomic mass is 10.0. The van der Waals surface area contributed by atoms with Gasteiger partial charge in [0.05, 0.1) is 11.7 Å². The molecule has 38 heavy (non-hydrogen) atoms. The zero-order valence-corrected chi connectivity index (χ0v) is 20.1. The van der Waals surface area contributed by atoms with Crippen LogP contribution in [-0.4, -0.2) is 37.1 Å². The highest BCUT2D eigenvalue weighted by atomic mass is 16.5. The molecule has 1 aliphatic rings. The molecule has 2 amide bonds. The zero-order chi connectivity index (χ0) is 26.2. The lowest BCUT2D eigenvalue weighted by Crippen LogP contribution is -2.29. The van der Waals surface area contributed by atoms with Gasteiger partial charge in [0, 0.05) is 23.6 Å². The number of hydrogen-bond acceptors (Lipinski definition) is 9. The summed E-state index contributed by atoms with van der Waals surface area (Å²) in [6, 6.07) is 12.4. The van der Waals surface area contributed by atoms with Crippen LogP contribution in [-0.2, 0) is 13.0 Å². The smallest absolute Gasteiger partial charge is 0.356 e. The van der Waals surface area contributed by atoms with Gasteiger partial charge in [-0.25, -0.2) is 14.8 Å². The van der Waals surface area contributed by atoms with Crippen molar-refractivity contribution in [3.63, 3.8) is 0 Å². The number of nitrogens with zero attached hydrogens (tertiary/aromatic N) is 4. The maximum absolute atomic E-state index is 13.0. The second-order valence-electron chi connectivity index (χ2n) is 8.99. The molecule has 0 unspecified atom stereocenters. The van der Waals surface area contributed by atoms with E-state index >= 15 is 0 Å². The first-order valence-corrected chi connectivity index (χ1v) is 11.9. The van der Waals surface area contributed by atoms with Crippen LogP contribution in [0.3, 0.4) is 0 Å². The van der Waals surface area contributed by atoms with Gasteiger partial charge < -0.3 is 15.2 Å². The van der Waals surface area contributed by atoms with Crippen LogP contribution in [0.4, 0.5) is 0 Å². The molecule has 0 radical (unpaired) electrons. The first-order valence-electron chi connectivity index (χ1n) is 11.9. The van der Waals surface area contributed by atoms with E-state index < -0.39 is 17.6 Å². The Morgan fingerprint density at radius 3 is 2.68 bits per heavy atom. The minimum absolute atomic E-state index is 0.0832. The number of aromatic amines is 1. The van der Waals surface area contributed by atoms with Crippen LogP contribution in [0.25, 0.3) is 22.4 Å². The van der Waals surface area contributed by atoms with Crippen LogP contribution in [0.1, 0.15) is 55.8 Å². The van der Waals surface area contributed by atoms with Crippen molar-refractivity contribution < 1.29 is 18.6 Å². The second kappa shape index (κ2) is 9.39. The summed E-state index contributed by atoms with van der Waals surface area (Å²) in [7, 11) is 0. The minimum Gasteiger partial charge on any atom is -0.356 e. The van der Waals surface area contributed by atoms with Gasteiger partial charge in [0.15, 0.2) is 11.4 Å². The van der Waals surface area contributed by atoms with E-state index in [1.165, 1.54) is 12.4 Å². The third-order valence-electron chi connectivity index (χ3n) is 6.54. The van der Waals surface area contributed by atoms with Crippen LogP contribution >= 0.6 is 0 Å². The van der Waals surface area contributed by atoms with E-state index in [4.69, 9.17) is 4.52 Å². The molecule has 3 N–H and O–H groups in total. The van der Waals surface area contributed by atoms with Crippen molar-refractivity contribution in [3.05, 3.63) is 93.1 Å². The fraction of sp³-hybridized carbons (Fsp3) is 0.192. The highest BCUT2D eigenvalue weighted by Crippen LogP contribution is 2.33. The molecule has 0 spiro atoms. The van der Waals surface area contributed by atoms with Gasteiger partial charge in [-0.3, -0.25) is 19.1 Å². The molecular weight excluding hydrogens is 490 g/mol. The number of carbonyl (C=O) groups is 2. The number of aryl methyl sites for hydroxylation is 2. The molecule has 6 rings (SSSR count). The van der Waals surface area contributed by atoms with Crippen molar-refractivity contribution in [3.8, 4) is 11.4 Å². The highest BCUT2D eigenvalue weighted by molar-refractivity contribution is 5.97. The van der Waals surface area contributed by atoms with Crippen molar-refractivity contribution in [2.45, 2.75) is 32.4 Å². The van der Waals surface area contributed by atoms with Gasteiger partial charge in [0.25, 0.3) is 11.8 Å². The van der Waals surface area contributed by atoms with Gasteiger partial charge in [-0.15, -0.1) is 0 Å². The predicted molar refractivity (Wildman–Crippen MR) is 133 cm³/mol. The number of amides is 2.